The standard InChI is InChI=1S/C19H22I2N2O/c1-5-23(6-2)12-22-18-7-14(4)19(8-13(18)3)24-17-10-15(20)9-16(21)11-17/h7-12H,5-6H2,1-4H3. The van der Waals surface area contributed by atoms with Crippen LogP contribution >= 0.6 is 45.2 Å². The molecule has 2 rings (SSSR count). The summed E-state index contributed by atoms with van der Waals surface area (Å²) in [5.74, 6) is 1.75. The van der Waals surface area contributed by atoms with Gasteiger partial charge in [0.25, 0.3) is 0 Å². The fourth-order valence-electron chi connectivity index (χ4n) is 2.27. The first-order valence-corrected chi connectivity index (χ1v) is 10.1. The predicted octanol–water partition coefficient (Wildman–Crippen LogP) is 6.31. The number of halogens is 2. The number of nitrogens with zero attached hydrogens (tertiary/aromatic N) is 2. The summed E-state index contributed by atoms with van der Waals surface area (Å²) < 4.78 is 8.44. The van der Waals surface area contributed by atoms with E-state index in [9.17, 15) is 0 Å². The highest BCUT2D eigenvalue weighted by atomic mass is 127. The molecule has 0 heterocycles. The number of ether oxygens (including phenoxy) is 1. The Balaban J connectivity index is 2.26. The molecule has 0 amide bonds. The van der Waals surface area contributed by atoms with Crippen LogP contribution in [-0.4, -0.2) is 24.3 Å². The second-order valence-corrected chi connectivity index (χ2v) is 8.07. The van der Waals surface area contributed by atoms with E-state index in [2.05, 4.69) is 101 Å². The summed E-state index contributed by atoms with van der Waals surface area (Å²) in [6.07, 6.45) is 1.92. The zero-order valence-corrected chi connectivity index (χ0v) is 18.8. The van der Waals surface area contributed by atoms with Gasteiger partial charge in [-0.1, -0.05) is 0 Å². The first-order valence-electron chi connectivity index (χ1n) is 7.96. The van der Waals surface area contributed by atoms with Crippen molar-refractivity contribution in [2.45, 2.75) is 27.7 Å². The van der Waals surface area contributed by atoms with Gasteiger partial charge in [0.2, 0.25) is 0 Å². The maximum Gasteiger partial charge on any atom is 0.130 e. The smallest absolute Gasteiger partial charge is 0.130 e. The van der Waals surface area contributed by atoms with E-state index in [1.807, 2.05) is 18.5 Å². The summed E-state index contributed by atoms with van der Waals surface area (Å²) in [5, 5.41) is 0. The number of aryl methyl sites for hydroxylation is 2. The zero-order valence-electron chi connectivity index (χ0n) is 14.4. The third-order valence-corrected chi connectivity index (χ3v) is 4.98. The lowest BCUT2D eigenvalue weighted by Crippen LogP contribution is -2.20. The molecule has 5 heteroatoms. The summed E-state index contributed by atoms with van der Waals surface area (Å²) in [6, 6.07) is 10.4. The average molecular weight is 548 g/mol. The molecule has 3 nitrogen and oxygen atoms in total. The summed E-state index contributed by atoms with van der Waals surface area (Å²) >= 11 is 4.62. The van der Waals surface area contributed by atoms with E-state index >= 15 is 0 Å². The van der Waals surface area contributed by atoms with Crippen molar-refractivity contribution in [2.24, 2.45) is 4.99 Å². The van der Waals surface area contributed by atoms with Crippen molar-refractivity contribution in [1.82, 2.24) is 4.90 Å². The van der Waals surface area contributed by atoms with E-state index in [1.165, 1.54) is 7.14 Å². The van der Waals surface area contributed by atoms with E-state index in [4.69, 9.17) is 4.74 Å². The summed E-state index contributed by atoms with van der Waals surface area (Å²) in [7, 11) is 0. The van der Waals surface area contributed by atoms with Crippen molar-refractivity contribution < 1.29 is 4.74 Å². The molecule has 24 heavy (non-hydrogen) atoms. The van der Waals surface area contributed by atoms with Gasteiger partial charge in [-0.3, -0.25) is 0 Å². The molecule has 0 aliphatic heterocycles. The maximum absolute atomic E-state index is 6.10. The van der Waals surface area contributed by atoms with E-state index in [1.54, 1.807) is 0 Å². The Bertz CT molecular complexity index is 720. The van der Waals surface area contributed by atoms with Crippen molar-refractivity contribution >= 4 is 57.2 Å². The predicted molar refractivity (Wildman–Crippen MR) is 119 cm³/mol. The minimum atomic E-state index is 0.869. The molecule has 0 spiro atoms. The van der Waals surface area contributed by atoms with Crippen molar-refractivity contribution in [3.05, 3.63) is 48.6 Å². The van der Waals surface area contributed by atoms with Gasteiger partial charge in [0.15, 0.2) is 0 Å². The molecule has 0 aliphatic carbocycles. The molecule has 2 aromatic carbocycles. The topological polar surface area (TPSA) is 24.8 Å². The van der Waals surface area contributed by atoms with Crippen molar-refractivity contribution in [1.29, 1.82) is 0 Å². The lowest BCUT2D eigenvalue weighted by Gasteiger charge is -2.15. The molecule has 0 aliphatic rings. The van der Waals surface area contributed by atoms with Crippen LogP contribution in [0.4, 0.5) is 5.69 Å². The Labute approximate surface area is 171 Å². The highest BCUT2D eigenvalue weighted by Crippen LogP contribution is 2.32. The molecule has 0 atom stereocenters. The van der Waals surface area contributed by atoms with Crippen LogP contribution in [0.1, 0.15) is 25.0 Å². The summed E-state index contributed by atoms with van der Waals surface area (Å²) in [6.45, 7) is 10.3. The second-order valence-electron chi connectivity index (χ2n) is 5.58. The van der Waals surface area contributed by atoms with Crippen LogP contribution < -0.4 is 4.74 Å². The molecule has 0 saturated heterocycles. The molecule has 0 aromatic heterocycles. The second kappa shape index (κ2) is 9.03. The highest BCUT2D eigenvalue weighted by molar-refractivity contribution is 14.1. The molecule has 0 fully saturated rings. The molecule has 0 bridgehead atoms. The number of aliphatic imine (C=N–C) groups is 1. The normalized spacial score (nSPS) is 11.1. The minimum absolute atomic E-state index is 0.869. The van der Waals surface area contributed by atoms with Gasteiger partial charge >= 0.3 is 0 Å². The lowest BCUT2D eigenvalue weighted by atomic mass is 10.1. The monoisotopic (exact) mass is 548 g/mol. The van der Waals surface area contributed by atoms with Crippen LogP contribution in [0.15, 0.2) is 35.3 Å². The molecular weight excluding hydrogens is 526 g/mol. The fourth-order valence-corrected chi connectivity index (χ4v) is 4.15. The number of hydrogen-bond donors (Lipinski definition) is 0. The van der Waals surface area contributed by atoms with Gasteiger partial charge in [-0.05, 0) is 114 Å². The average Bonchev–Trinajstić information content (AvgIpc) is 2.51. The quantitative estimate of drug-likeness (QED) is 0.241. The SMILES string of the molecule is CCN(C=Nc1cc(C)c(Oc2cc(I)cc(I)c2)cc1C)CC. The Kier molecular flexibility index (Phi) is 7.34. The van der Waals surface area contributed by atoms with Crippen LogP contribution in [0.2, 0.25) is 0 Å². The van der Waals surface area contributed by atoms with Crippen LogP contribution in [0.25, 0.3) is 0 Å². The molecule has 128 valence electrons. The maximum atomic E-state index is 6.10. The van der Waals surface area contributed by atoms with Gasteiger partial charge in [0.1, 0.15) is 11.5 Å². The first-order chi connectivity index (χ1) is 11.4. The van der Waals surface area contributed by atoms with Crippen molar-refractivity contribution in [2.75, 3.05) is 13.1 Å². The summed E-state index contributed by atoms with van der Waals surface area (Å²) in [5.41, 5.74) is 3.18. The Morgan fingerprint density at radius 3 is 2.17 bits per heavy atom. The van der Waals surface area contributed by atoms with Crippen LogP contribution in [-0.2, 0) is 0 Å². The largest absolute Gasteiger partial charge is 0.457 e. The van der Waals surface area contributed by atoms with E-state index in [0.29, 0.717) is 0 Å². The number of benzene rings is 2. The van der Waals surface area contributed by atoms with Gasteiger partial charge in [-0.2, -0.15) is 0 Å². The van der Waals surface area contributed by atoms with Gasteiger partial charge < -0.3 is 9.64 Å². The zero-order chi connectivity index (χ0) is 17.7. The van der Waals surface area contributed by atoms with Gasteiger partial charge in [-0.15, -0.1) is 0 Å². The van der Waals surface area contributed by atoms with E-state index in [-0.39, 0.29) is 0 Å². The summed E-state index contributed by atoms with van der Waals surface area (Å²) in [4.78, 5) is 6.80. The Morgan fingerprint density at radius 1 is 0.958 bits per heavy atom. The Hall–Kier alpha value is -0.830. The van der Waals surface area contributed by atoms with Gasteiger partial charge in [-0.25, -0.2) is 4.99 Å². The fraction of sp³-hybridized carbons (Fsp3) is 0.316. The minimum Gasteiger partial charge on any atom is -0.457 e. The van der Waals surface area contributed by atoms with Crippen molar-refractivity contribution in [3.8, 4) is 11.5 Å². The third-order valence-electron chi connectivity index (χ3n) is 3.73. The van der Waals surface area contributed by atoms with Crippen molar-refractivity contribution in [3.63, 3.8) is 0 Å². The molecule has 0 unspecified atom stereocenters. The van der Waals surface area contributed by atoms with E-state index in [0.717, 1.165) is 41.4 Å². The van der Waals surface area contributed by atoms with Gasteiger partial charge in [0, 0.05) is 20.2 Å². The molecular formula is C19H22I2N2O. The lowest BCUT2D eigenvalue weighted by molar-refractivity contribution is 0.477. The van der Waals surface area contributed by atoms with Crippen LogP contribution in [0.5, 0.6) is 11.5 Å². The molecule has 0 N–H and O–H groups in total. The van der Waals surface area contributed by atoms with Crippen LogP contribution in [0, 0.1) is 21.0 Å². The third kappa shape index (κ3) is 5.34. The molecule has 0 radical (unpaired) electrons. The highest BCUT2D eigenvalue weighted by Gasteiger charge is 2.07. The van der Waals surface area contributed by atoms with Crippen LogP contribution in [0.3, 0.4) is 0 Å². The first kappa shape index (κ1) is 19.5. The number of rotatable bonds is 6. The van der Waals surface area contributed by atoms with Gasteiger partial charge in [0.05, 0.1) is 12.0 Å². The Morgan fingerprint density at radius 2 is 1.58 bits per heavy atom. The van der Waals surface area contributed by atoms with E-state index < -0.39 is 0 Å². The molecule has 2 aromatic rings. The molecule has 0 saturated carbocycles. The number of hydrogen-bond acceptors (Lipinski definition) is 2.